The SMILES string of the molecule is COS(=O)(=O)[O-].Cc1nn(CCO)c2c1c(O)c(/N=N/c1ccc3c4c(cccc14)C(=O)N3c1ccc(N(C)C)cc1)c(C)[n+]2C. The van der Waals surface area contributed by atoms with E-state index in [4.69, 9.17) is 0 Å². The highest BCUT2D eigenvalue weighted by atomic mass is 32.3. The molecule has 0 spiro atoms. The minimum absolute atomic E-state index is 0.00973. The van der Waals surface area contributed by atoms with E-state index in [2.05, 4.69) is 19.5 Å². The van der Waals surface area contributed by atoms with E-state index in [9.17, 15) is 28.0 Å². The Morgan fingerprint density at radius 1 is 1.04 bits per heavy atom. The first-order valence-electron chi connectivity index (χ1n) is 14.1. The Hall–Kier alpha value is -4.96. The number of aliphatic hydroxyl groups excluding tert-OH is 1. The molecule has 46 heavy (non-hydrogen) atoms. The van der Waals surface area contributed by atoms with Crippen molar-refractivity contribution in [2.24, 2.45) is 17.3 Å². The van der Waals surface area contributed by atoms with Crippen LogP contribution in [0.15, 0.2) is 64.8 Å². The molecule has 14 nitrogen and oxygen atoms in total. The van der Waals surface area contributed by atoms with Crippen molar-refractivity contribution in [3.05, 3.63) is 71.5 Å². The number of aliphatic hydroxyl groups is 1. The summed E-state index contributed by atoms with van der Waals surface area (Å²) in [5, 5.41) is 36.4. The number of fused-ring (bicyclic) bond motifs is 1. The molecule has 0 atom stereocenters. The minimum atomic E-state index is -4.41. The number of carbonyl (C=O) groups excluding carboxylic acids is 1. The van der Waals surface area contributed by atoms with Crippen molar-refractivity contribution in [1.29, 1.82) is 0 Å². The summed E-state index contributed by atoms with van der Waals surface area (Å²) in [7, 11) is 2.23. The maximum atomic E-state index is 13.5. The van der Waals surface area contributed by atoms with Gasteiger partial charge in [-0.05, 0) is 49.4 Å². The lowest BCUT2D eigenvalue weighted by Crippen LogP contribution is -2.35. The van der Waals surface area contributed by atoms with Gasteiger partial charge in [0.1, 0.15) is 17.6 Å². The number of anilines is 3. The number of aromatic nitrogens is 3. The molecule has 2 aromatic heterocycles. The van der Waals surface area contributed by atoms with E-state index in [0.29, 0.717) is 45.9 Å². The van der Waals surface area contributed by atoms with Gasteiger partial charge in [-0.15, -0.1) is 14.9 Å². The number of amides is 1. The number of azo groups is 1. The number of hydrogen-bond donors (Lipinski definition) is 2. The second-order valence-corrected chi connectivity index (χ2v) is 11.9. The van der Waals surface area contributed by atoms with Crippen LogP contribution in [-0.4, -0.2) is 66.7 Å². The van der Waals surface area contributed by atoms with E-state index in [1.54, 1.807) is 9.58 Å². The molecule has 0 bridgehead atoms. The number of pyridine rings is 1. The molecular formula is C31H33N7O7S. The van der Waals surface area contributed by atoms with Crippen molar-refractivity contribution in [2.45, 2.75) is 20.4 Å². The van der Waals surface area contributed by atoms with Crippen LogP contribution in [0.2, 0.25) is 0 Å². The highest BCUT2D eigenvalue weighted by Gasteiger charge is 2.32. The van der Waals surface area contributed by atoms with E-state index in [1.807, 2.05) is 99.1 Å². The van der Waals surface area contributed by atoms with Crippen molar-refractivity contribution in [3.8, 4) is 5.75 Å². The Morgan fingerprint density at radius 2 is 1.72 bits per heavy atom. The summed E-state index contributed by atoms with van der Waals surface area (Å²) in [5.41, 5.74) is 6.21. The molecule has 1 aliphatic heterocycles. The summed E-state index contributed by atoms with van der Waals surface area (Å²) in [6, 6.07) is 17.2. The van der Waals surface area contributed by atoms with Crippen molar-refractivity contribution in [2.75, 3.05) is 37.6 Å². The molecule has 1 amide bonds. The third-order valence-electron chi connectivity index (χ3n) is 7.79. The van der Waals surface area contributed by atoms with Crippen LogP contribution in [0.1, 0.15) is 21.7 Å². The van der Waals surface area contributed by atoms with Gasteiger partial charge in [0.15, 0.2) is 11.4 Å². The van der Waals surface area contributed by atoms with E-state index in [0.717, 1.165) is 34.9 Å². The summed E-state index contributed by atoms with van der Waals surface area (Å²) >= 11 is 0. The van der Waals surface area contributed by atoms with Gasteiger partial charge in [0, 0.05) is 43.2 Å². The molecule has 0 radical (unpaired) electrons. The quantitative estimate of drug-likeness (QED) is 0.113. The number of hydrogen-bond acceptors (Lipinski definition) is 11. The zero-order valence-electron chi connectivity index (χ0n) is 26.1. The monoisotopic (exact) mass is 647 g/mol. The average Bonchev–Trinajstić information content (AvgIpc) is 3.51. The van der Waals surface area contributed by atoms with Crippen molar-refractivity contribution in [3.63, 3.8) is 0 Å². The van der Waals surface area contributed by atoms with Crippen LogP contribution in [0.3, 0.4) is 0 Å². The van der Waals surface area contributed by atoms with Crippen molar-refractivity contribution >= 4 is 66.5 Å². The fraction of sp³-hybridized carbons (Fsp3) is 0.258. The summed E-state index contributed by atoms with van der Waals surface area (Å²) in [4.78, 5) is 17.3. The zero-order valence-corrected chi connectivity index (χ0v) is 26.9. The fourth-order valence-corrected chi connectivity index (χ4v) is 5.48. The molecule has 1 aliphatic rings. The zero-order chi connectivity index (χ0) is 33.5. The van der Waals surface area contributed by atoms with Gasteiger partial charge in [0.25, 0.3) is 5.91 Å². The molecule has 6 rings (SSSR count). The number of benzene rings is 3. The molecule has 5 aromatic rings. The van der Waals surface area contributed by atoms with Crippen LogP contribution < -0.4 is 14.4 Å². The van der Waals surface area contributed by atoms with Gasteiger partial charge in [-0.2, -0.15) is 0 Å². The first kappa shape index (κ1) is 32.4. The smallest absolute Gasteiger partial charge is 0.315 e. The first-order chi connectivity index (χ1) is 21.8. The van der Waals surface area contributed by atoms with Crippen LogP contribution in [0, 0.1) is 13.8 Å². The lowest BCUT2D eigenvalue weighted by molar-refractivity contribution is -0.653. The Morgan fingerprint density at radius 3 is 2.33 bits per heavy atom. The van der Waals surface area contributed by atoms with E-state index in [-0.39, 0.29) is 18.3 Å². The summed E-state index contributed by atoms with van der Waals surface area (Å²) in [6.07, 6.45) is 0. The van der Waals surface area contributed by atoms with Gasteiger partial charge in [-0.3, -0.25) is 13.9 Å². The highest BCUT2D eigenvalue weighted by molar-refractivity contribution is 7.80. The molecular weight excluding hydrogens is 614 g/mol. The molecule has 3 heterocycles. The van der Waals surface area contributed by atoms with Gasteiger partial charge in [-0.1, -0.05) is 17.2 Å². The Balaban J connectivity index is 0.000000635. The Bertz CT molecular complexity index is 2130. The van der Waals surface area contributed by atoms with Crippen molar-refractivity contribution < 1.29 is 36.7 Å². The van der Waals surface area contributed by atoms with E-state index < -0.39 is 10.4 Å². The van der Waals surface area contributed by atoms with Gasteiger partial charge in [0.05, 0.1) is 43.4 Å². The predicted octanol–water partition coefficient (Wildman–Crippen LogP) is 4.20. The molecule has 240 valence electrons. The summed E-state index contributed by atoms with van der Waals surface area (Å²) < 4.78 is 34.6. The van der Waals surface area contributed by atoms with Crippen LogP contribution in [-0.2, 0) is 28.2 Å². The van der Waals surface area contributed by atoms with E-state index >= 15 is 0 Å². The largest absolute Gasteiger partial charge is 0.726 e. The third-order valence-corrected chi connectivity index (χ3v) is 8.20. The summed E-state index contributed by atoms with van der Waals surface area (Å²) in [5.74, 6) is -0.0990. The molecule has 0 aliphatic carbocycles. The molecule has 2 N–H and O–H groups in total. The fourth-order valence-electron chi connectivity index (χ4n) is 5.48. The number of nitrogens with zero attached hydrogens (tertiary/aromatic N) is 7. The van der Waals surface area contributed by atoms with Crippen LogP contribution in [0.5, 0.6) is 5.75 Å². The third kappa shape index (κ3) is 5.76. The second-order valence-electron chi connectivity index (χ2n) is 10.7. The molecule has 0 saturated carbocycles. The lowest BCUT2D eigenvalue weighted by atomic mass is 10.0. The molecule has 0 unspecified atom stereocenters. The Labute approximate surface area is 265 Å². The standard InChI is InChI=1S/C30H29N7O3.CH4O4S/c1-17-25-28(39)27(18(2)35(5)29(25)36(33-17)15-16-38)32-31-23-13-14-24-26-21(23)7-6-8-22(26)30(40)37(24)20-11-9-19(10-12-20)34(3)4;1-5-6(2,3)4/h6-14,38H,15-16H2,1-5H3;1H3,(H,2,3,4)/b32-31+;. The average molecular weight is 648 g/mol. The van der Waals surface area contributed by atoms with Crippen LogP contribution in [0.4, 0.5) is 28.4 Å². The molecule has 3 aromatic carbocycles. The maximum Gasteiger partial charge on any atom is 0.315 e. The summed E-state index contributed by atoms with van der Waals surface area (Å²) in [6.45, 7) is 3.91. The van der Waals surface area contributed by atoms with Crippen molar-refractivity contribution in [1.82, 2.24) is 9.78 Å². The molecule has 15 heteroatoms. The van der Waals surface area contributed by atoms with Gasteiger partial charge < -0.3 is 19.7 Å². The van der Waals surface area contributed by atoms with Gasteiger partial charge in [0.2, 0.25) is 10.4 Å². The topological polar surface area (TPSA) is 177 Å². The second kappa shape index (κ2) is 12.4. The number of aromatic hydroxyl groups is 1. The number of rotatable bonds is 7. The molecule has 0 saturated heterocycles. The molecule has 0 fully saturated rings. The van der Waals surface area contributed by atoms with Gasteiger partial charge in [-0.25, -0.2) is 13.0 Å². The highest BCUT2D eigenvalue weighted by Crippen LogP contribution is 2.45. The Kier molecular flexibility index (Phi) is 8.77. The first-order valence-corrected chi connectivity index (χ1v) is 15.4. The van der Waals surface area contributed by atoms with Crippen LogP contribution in [0.25, 0.3) is 21.8 Å². The maximum absolute atomic E-state index is 13.5. The lowest BCUT2D eigenvalue weighted by Gasteiger charge is -2.19. The predicted molar refractivity (Wildman–Crippen MR) is 171 cm³/mol. The minimum Gasteiger partial charge on any atom is -0.726 e. The van der Waals surface area contributed by atoms with E-state index in [1.165, 1.54) is 0 Å². The van der Waals surface area contributed by atoms with Gasteiger partial charge >= 0.3 is 5.65 Å². The normalized spacial score (nSPS) is 12.8. The number of carbonyl (C=O) groups is 1. The number of aryl methyl sites for hydroxylation is 2. The van der Waals surface area contributed by atoms with Crippen LogP contribution >= 0.6 is 0 Å².